The molecule has 0 aliphatic rings. The van der Waals surface area contributed by atoms with Crippen LogP contribution in [0.2, 0.25) is 0 Å². The molecule has 0 aromatic rings. The Labute approximate surface area is 151 Å². The van der Waals surface area contributed by atoms with Gasteiger partial charge < -0.3 is 30.0 Å². The maximum atomic E-state index is 9.83. The molecule has 0 radical (unpaired) electrons. The van der Waals surface area contributed by atoms with Crippen LogP contribution in [-0.4, -0.2) is 96.1 Å². The fourth-order valence-corrected chi connectivity index (χ4v) is 1.61. The van der Waals surface area contributed by atoms with Gasteiger partial charge in [-0.15, -0.1) is 0 Å². The summed E-state index contributed by atoms with van der Waals surface area (Å²) in [6.07, 6.45) is 1.65. The molecule has 108 valence electrons. The van der Waals surface area contributed by atoms with E-state index in [0.717, 1.165) is 0 Å². The smallest absolute Gasteiger partial charge is 0.547 e. The van der Waals surface area contributed by atoms with E-state index in [4.69, 9.17) is 10.2 Å². The SMILES string of the molecule is CSCC[C@H](O)C(=O)[O-].CSCC[C@H](O)C(=O)[O-].[Ca+2]. The zero-order valence-corrected chi connectivity index (χ0v) is 14.9. The zero-order valence-electron chi connectivity index (χ0n) is 11.0. The molecule has 0 amide bonds. The van der Waals surface area contributed by atoms with Gasteiger partial charge in [-0.1, -0.05) is 0 Å². The zero-order chi connectivity index (χ0) is 14.6. The molecule has 0 rings (SSSR count). The van der Waals surface area contributed by atoms with Crippen LogP contribution in [0.25, 0.3) is 0 Å². The van der Waals surface area contributed by atoms with Gasteiger partial charge in [0, 0.05) is 0 Å². The van der Waals surface area contributed by atoms with Crippen molar-refractivity contribution >= 4 is 73.2 Å². The second-order valence-electron chi connectivity index (χ2n) is 3.23. The van der Waals surface area contributed by atoms with Crippen LogP contribution in [0.3, 0.4) is 0 Å². The van der Waals surface area contributed by atoms with Crippen molar-refractivity contribution in [3.8, 4) is 0 Å². The van der Waals surface area contributed by atoms with E-state index >= 15 is 0 Å². The normalized spacial score (nSPS) is 12.4. The summed E-state index contributed by atoms with van der Waals surface area (Å²) in [7, 11) is 0. The van der Waals surface area contributed by atoms with E-state index in [1.807, 2.05) is 12.5 Å². The minimum atomic E-state index is -1.39. The Morgan fingerprint density at radius 2 is 1.21 bits per heavy atom. The van der Waals surface area contributed by atoms with Gasteiger partial charge >= 0.3 is 37.7 Å². The van der Waals surface area contributed by atoms with Crippen molar-refractivity contribution < 1.29 is 30.0 Å². The average molecular weight is 338 g/mol. The second-order valence-corrected chi connectivity index (χ2v) is 5.20. The quantitative estimate of drug-likeness (QED) is 0.459. The molecular weight excluding hydrogens is 320 g/mol. The van der Waals surface area contributed by atoms with E-state index in [9.17, 15) is 19.8 Å². The molecule has 19 heavy (non-hydrogen) atoms. The van der Waals surface area contributed by atoms with E-state index in [-0.39, 0.29) is 50.6 Å². The molecule has 0 saturated heterocycles. The van der Waals surface area contributed by atoms with Gasteiger partial charge in [-0.3, -0.25) is 0 Å². The molecule has 0 spiro atoms. The van der Waals surface area contributed by atoms with Crippen molar-refractivity contribution in [3.05, 3.63) is 0 Å². The standard InChI is InChI=1S/2C5H10O3S.Ca/c2*1-9-3-2-4(6)5(7)8;/h2*4,6H,2-3H2,1H3,(H,7,8);/q;;+2/p-2/t2*4-;/m00./s1. The number of carboxylic acids is 2. The van der Waals surface area contributed by atoms with Crippen molar-refractivity contribution in [1.82, 2.24) is 0 Å². The largest absolute Gasteiger partial charge is 2.00 e. The van der Waals surface area contributed by atoms with E-state index in [1.54, 1.807) is 0 Å². The van der Waals surface area contributed by atoms with Crippen molar-refractivity contribution in [3.63, 3.8) is 0 Å². The van der Waals surface area contributed by atoms with Crippen LogP contribution in [0.5, 0.6) is 0 Å². The Kier molecular flexibility index (Phi) is 22.0. The van der Waals surface area contributed by atoms with E-state index in [0.29, 0.717) is 11.5 Å². The molecule has 0 heterocycles. The van der Waals surface area contributed by atoms with Crippen molar-refractivity contribution in [2.45, 2.75) is 25.0 Å². The Morgan fingerprint density at radius 1 is 0.947 bits per heavy atom. The maximum absolute atomic E-state index is 9.83. The summed E-state index contributed by atoms with van der Waals surface area (Å²) < 4.78 is 0. The molecule has 0 aromatic heterocycles. The number of aliphatic carboxylic acids is 2. The van der Waals surface area contributed by atoms with Crippen LogP contribution < -0.4 is 10.2 Å². The Morgan fingerprint density at radius 3 is 1.37 bits per heavy atom. The third-order valence-corrected chi connectivity index (χ3v) is 3.02. The molecule has 0 aromatic carbocycles. The summed E-state index contributed by atoms with van der Waals surface area (Å²) in [5.41, 5.74) is 0. The van der Waals surface area contributed by atoms with Crippen molar-refractivity contribution in [1.29, 1.82) is 0 Å². The predicted molar refractivity (Wildman–Crippen MR) is 73.8 cm³/mol. The molecule has 2 atom stereocenters. The average Bonchev–Trinajstić information content (AvgIpc) is 2.33. The fraction of sp³-hybridized carbons (Fsp3) is 0.800. The third kappa shape index (κ3) is 18.8. The number of aliphatic hydroxyl groups excluding tert-OH is 2. The summed E-state index contributed by atoms with van der Waals surface area (Å²) >= 11 is 2.99. The third-order valence-electron chi connectivity index (χ3n) is 1.73. The van der Waals surface area contributed by atoms with Crippen LogP contribution in [-0.2, 0) is 9.59 Å². The minimum absolute atomic E-state index is 0. The molecule has 6 nitrogen and oxygen atoms in total. The first kappa shape index (κ1) is 24.8. The first-order valence-electron chi connectivity index (χ1n) is 5.12. The molecular formula is C10H18CaO6S2. The van der Waals surface area contributed by atoms with Crippen LogP contribution >= 0.6 is 23.5 Å². The Hall–Kier alpha value is 0.820. The molecule has 0 saturated carbocycles. The van der Waals surface area contributed by atoms with Gasteiger partial charge in [0.2, 0.25) is 0 Å². The Bertz CT molecular complexity index is 218. The number of carboxylic acid groups (broad SMARTS) is 2. The van der Waals surface area contributed by atoms with Crippen LogP contribution in [0, 0.1) is 0 Å². The number of thioether (sulfide) groups is 2. The fourth-order valence-electron chi connectivity index (χ4n) is 0.695. The number of hydrogen-bond donors (Lipinski definition) is 2. The molecule has 2 N–H and O–H groups in total. The van der Waals surface area contributed by atoms with Gasteiger partial charge in [0.25, 0.3) is 0 Å². The molecule has 0 bridgehead atoms. The van der Waals surface area contributed by atoms with Crippen LogP contribution in [0.4, 0.5) is 0 Å². The minimum Gasteiger partial charge on any atom is -0.547 e. The monoisotopic (exact) mass is 338 g/mol. The molecule has 0 aliphatic carbocycles. The Balaban J connectivity index is -0.000000256. The van der Waals surface area contributed by atoms with Crippen molar-refractivity contribution in [2.75, 3.05) is 24.0 Å². The summed E-state index contributed by atoms with van der Waals surface area (Å²) in [6, 6.07) is 0. The number of carbonyl (C=O) groups is 2. The number of rotatable bonds is 8. The van der Waals surface area contributed by atoms with Gasteiger partial charge in [-0.25, -0.2) is 0 Å². The number of hydrogen-bond acceptors (Lipinski definition) is 8. The van der Waals surface area contributed by atoms with Crippen LogP contribution in [0.1, 0.15) is 12.8 Å². The van der Waals surface area contributed by atoms with Gasteiger partial charge in [-0.2, -0.15) is 23.5 Å². The molecule has 9 heteroatoms. The summed E-state index contributed by atoms with van der Waals surface area (Å²) in [6.45, 7) is 0. The van der Waals surface area contributed by atoms with Crippen LogP contribution in [0.15, 0.2) is 0 Å². The first-order chi connectivity index (χ1) is 8.36. The van der Waals surface area contributed by atoms with E-state index in [2.05, 4.69) is 0 Å². The summed E-state index contributed by atoms with van der Waals surface area (Å²) in [5, 5.41) is 36.8. The number of carbonyl (C=O) groups excluding carboxylic acids is 2. The van der Waals surface area contributed by atoms with E-state index < -0.39 is 24.1 Å². The topological polar surface area (TPSA) is 121 Å². The molecule has 0 fully saturated rings. The molecule has 0 unspecified atom stereocenters. The number of aliphatic hydroxyl groups is 2. The summed E-state index contributed by atoms with van der Waals surface area (Å²) in [4.78, 5) is 19.7. The maximum Gasteiger partial charge on any atom is 2.00 e. The first-order valence-corrected chi connectivity index (χ1v) is 7.91. The molecule has 0 aliphatic heterocycles. The predicted octanol–water partition coefficient (Wildman–Crippen LogP) is -2.68. The van der Waals surface area contributed by atoms with Crippen molar-refractivity contribution in [2.24, 2.45) is 0 Å². The van der Waals surface area contributed by atoms with Gasteiger partial charge in [0.05, 0.1) is 24.1 Å². The van der Waals surface area contributed by atoms with Gasteiger partial charge in [0.1, 0.15) is 0 Å². The van der Waals surface area contributed by atoms with Gasteiger partial charge in [0.15, 0.2) is 0 Å². The summed E-state index contributed by atoms with van der Waals surface area (Å²) in [5.74, 6) is -1.47. The second kappa shape index (κ2) is 16.9. The van der Waals surface area contributed by atoms with Gasteiger partial charge in [-0.05, 0) is 36.9 Å². The van der Waals surface area contributed by atoms with E-state index in [1.165, 1.54) is 23.5 Å².